The number of amides is 1. The lowest BCUT2D eigenvalue weighted by molar-refractivity contribution is -0.132. The van der Waals surface area contributed by atoms with Gasteiger partial charge in [0, 0.05) is 12.0 Å². The topological polar surface area (TPSA) is 41.1 Å². The Morgan fingerprint density at radius 3 is 2.71 bits per heavy atom. The van der Waals surface area contributed by atoms with Gasteiger partial charge in [-0.25, -0.2) is 0 Å². The molecule has 1 fully saturated rings. The summed E-state index contributed by atoms with van der Waals surface area (Å²) in [5.41, 5.74) is 0.963. The molecule has 1 saturated heterocycles. The molecule has 0 saturated carbocycles. The van der Waals surface area contributed by atoms with Crippen LogP contribution in [0.25, 0.3) is 0 Å². The molecular weight excluding hydrogens is 212 g/mol. The van der Waals surface area contributed by atoms with Crippen LogP contribution in [-0.2, 0) is 4.79 Å². The molecule has 1 atom stereocenters. The highest BCUT2D eigenvalue weighted by molar-refractivity contribution is 5.82. The van der Waals surface area contributed by atoms with Crippen LogP contribution in [0.4, 0.5) is 0 Å². The molecule has 2 N–H and O–H groups in total. The summed E-state index contributed by atoms with van der Waals surface area (Å²) in [4.78, 5) is 12.2. The molecule has 3 heteroatoms. The van der Waals surface area contributed by atoms with Gasteiger partial charge in [0.2, 0.25) is 5.91 Å². The van der Waals surface area contributed by atoms with Crippen molar-refractivity contribution in [3.8, 4) is 0 Å². The molecule has 98 valence electrons. The summed E-state index contributed by atoms with van der Waals surface area (Å²) in [5.74, 6) is 0.617. The van der Waals surface area contributed by atoms with Crippen LogP contribution in [0.1, 0.15) is 40.5 Å². The van der Waals surface area contributed by atoms with Crippen molar-refractivity contribution in [2.45, 2.75) is 40.5 Å². The van der Waals surface area contributed by atoms with Gasteiger partial charge in [-0.1, -0.05) is 25.5 Å². The second-order valence-electron chi connectivity index (χ2n) is 5.76. The van der Waals surface area contributed by atoms with E-state index >= 15 is 0 Å². The molecule has 0 radical (unpaired) electrons. The zero-order chi connectivity index (χ0) is 12.9. The van der Waals surface area contributed by atoms with Gasteiger partial charge in [-0.15, -0.1) is 0 Å². The van der Waals surface area contributed by atoms with E-state index in [1.165, 1.54) is 12.0 Å². The molecule has 0 bridgehead atoms. The smallest absolute Gasteiger partial charge is 0.226 e. The Morgan fingerprint density at radius 2 is 2.18 bits per heavy atom. The molecule has 0 aliphatic carbocycles. The number of carbonyl (C=O) groups excluding carboxylic acids is 1. The van der Waals surface area contributed by atoms with Crippen molar-refractivity contribution in [1.82, 2.24) is 10.6 Å². The van der Waals surface area contributed by atoms with Gasteiger partial charge < -0.3 is 10.6 Å². The van der Waals surface area contributed by atoms with Crippen LogP contribution in [-0.4, -0.2) is 25.5 Å². The highest BCUT2D eigenvalue weighted by Gasteiger charge is 2.36. The summed E-state index contributed by atoms with van der Waals surface area (Å²) in [6, 6.07) is 0. The number of allylic oxidation sites excluding steroid dienone is 1. The number of carbonyl (C=O) groups is 1. The lowest BCUT2D eigenvalue weighted by atomic mass is 9.74. The quantitative estimate of drug-likeness (QED) is 0.736. The lowest BCUT2D eigenvalue weighted by Crippen LogP contribution is -2.47. The van der Waals surface area contributed by atoms with E-state index in [4.69, 9.17) is 0 Å². The van der Waals surface area contributed by atoms with Crippen molar-refractivity contribution in [2.24, 2.45) is 11.3 Å². The second kappa shape index (κ2) is 6.20. The largest absolute Gasteiger partial charge is 0.352 e. The molecule has 1 aliphatic rings. The van der Waals surface area contributed by atoms with Crippen molar-refractivity contribution in [3.05, 3.63) is 11.6 Å². The summed E-state index contributed by atoms with van der Waals surface area (Å²) < 4.78 is 0. The van der Waals surface area contributed by atoms with Gasteiger partial charge in [-0.2, -0.15) is 0 Å². The Bertz CT molecular complexity index is 285. The average Bonchev–Trinajstić information content (AvgIpc) is 2.29. The molecule has 17 heavy (non-hydrogen) atoms. The van der Waals surface area contributed by atoms with Gasteiger partial charge in [0.05, 0.1) is 0 Å². The van der Waals surface area contributed by atoms with Gasteiger partial charge in [0.15, 0.2) is 0 Å². The van der Waals surface area contributed by atoms with Crippen LogP contribution in [0.2, 0.25) is 0 Å². The zero-order valence-electron chi connectivity index (χ0n) is 11.6. The minimum atomic E-state index is -0.275. The molecule has 1 amide bonds. The Balaban J connectivity index is 2.50. The Labute approximate surface area is 105 Å². The van der Waals surface area contributed by atoms with Gasteiger partial charge in [0.25, 0.3) is 0 Å². The van der Waals surface area contributed by atoms with E-state index in [1.807, 2.05) is 19.9 Å². The Morgan fingerprint density at radius 1 is 1.47 bits per heavy atom. The SMILES string of the molecule is CC(C)=CCNC(=O)C(C)(C)C1CCCNC1. The molecule has 1 rings (SSSR count). The summed E-state index contributed by atoms with van der Waals surface area (Å²) in [6.07, 6.45) is 4.37. The third kappa shape index (κ3) is 4.15. The van der Waals surface area contributed by atoms with Crippen molar-refractivity contribution < 1.29 is 4.79 Å². The van der Waals surface area contributed by atoms with E-state index in [0.717, 1.165) is 19.5 Å². The maximum absolute atomic E-state index is 12.2. The number of nitrogens with one attached hydrogen (secondary N) is 2. The van der Waals surface area contributed by atoms with E-state index in [0.29, 0.717) is 12.5 Å². The fourth-order valence-corrected chi connectivity index (χ4v) is 2.23. The maximum Gasteiger partial charge on any atom is 0.226 e. The normalized spacial score (nSPS) is 20.8. The van der Waals surface area contributed by atoms with Gasteiger partial charge in [0.1, 0.15) is 0 Å². The molecule has 0 aromatic rings. The van der Waals surface area contributed by atoms with Gasteiger partial charge in [-0.3, -0.25) is 4.79 Å². The standard InChI is InChI=1S/C14H26N2O/c1-11(2)7-9-16-13(17)14(3,4)12-6-5-8-15-10-12/h7,12,15H,5-6,8-10H2,1-4H3,(H,16,17). The van der Waals surface area contributed by atoms with Crippen LogP contribution in [0.15, 0.2) is 11.6 Å². The third-order valence-corrected chi connectivity index (χ3v) is 3.68. The first-order valence-electron chi connectivity index (χ1n) is 6.57. The number of piperidine rings is 1. The van der Waals surface area contributed by atoms with E-state index in [1.54, 1.807) is 0 Å². The minimum Gasteiger partial charge on any atom is -0.352 e. The van der Waals surface area contributed by atoms with Gasteiger partial charge in [-0.05, 0) is 45.7 Å². The fourth-order valence-electron chi connectivity index (χ4n) is 2.23. The van der Waals surface area contributed by atoms with Crippen molar-refractivity contribution in [1.29, 1.82) is 0 Å². The first kappa shape index (κ1) is 14.2. The molecular formula is C14H26N2O. The molecule has 0 aromatic heterocycles. The number of hydrogen-bond acceptors (Lipinski definition) is 2. The highest BCUT2D eigenvalue weighted by Crippen LogP contribution is 2.31. The Kier molecular flexibility index (Phi) is 5.19. The van der Waals surface area contributed by atoms with E-state index in [9.17, 15) is 4.79 Å². The summed E-state index contributed by atoms with van der Waals surface area (Å²) in [7, 11) is 0. The summed E-state index contributed by atoms with van der Waals surface area (Å²) in [5, 5.41) is 6.39. The first-order chi connectivity index (χ1) is 7.94. The van der Waals surface area contributed by atoms with E-state index in [2.05, 4.69) is 24.5 Å². The zero-order valence-corrected chi connectivity index (χ0v) is 11.6. The lowest BCUT2D eigenvalue weighted by Gasteiger charge is -2.35. The van der Waals surface area contributed by atoms with Gasteiger partial charge >= 0.3 is 0 Å². The van der Waals surface area contributed by atoms with Crippen LogP contribution in [0.5, 0.6) is 0 Å². The van der Waals surface area contributed by atoms with E-state index in [-0.39, 0.29) is 11.3 Å². The third-order valence-electron chi connectivity index (χ3n) is 3.68. The monoisotopic (exact) mass is 238 g/mol. The minimum absolute atomic E-state index is 0.170. The molecule has 3 nitrogen and oxygen atoms in total. The molecule has 0 spiro atoms. The average molecular weight is 238 g/mol. The summed E-state index contributed by atoms with van der Waals surface area (Å²) in [6.45, 7) is 10.9. The maximum atomic E-state index is 12.2. The second-order valence-corrected chi connectivity index (χ2v) is 5.76. The van der Waals surface area contributed by atoms with Crippen LogP contribution >= 0.6 is 0 Å². The fraction of sp³-hybridized carbons (Fsp3) is 0.786. The van der Waals surface area contributed by atoms with Crippen molar-refractivity contribution in [3.63, 3.8) is 0 Å². The van der Waals surface area contributed by atoms with Crippen molar-refractivity contribution in [2.75, 3.05) is 19.6 Å². The predicted octanol–water partition coefficient (Wildman–Crippen LogP) is 2.09. The first-order valence-corrected chi connectivity index (χ1v) is 6.57. The summed E-state index contributed by atoms with van der Waals surface area (Å²) >= 11 is 0. The van der Waals surface area contributed by atoms with Crippen LogP contribution in [0.3, 0.4) is 0 Å². The predicted molar refractivity (Wildman–Crippen MR) is 71.8 cm³/mol. The van der Waals surface area contributed by atoms with E-state index < -0.39 is 0 Å². The highest BCUT2D eigenvalue weighted by atomic mass is 16.2. The molecule has 1 unspecified atom stereocenters. The Hall–Kier alpha value is -0.830. The van der Waals surface area contributed by atoms with Crippen LogP contribution < -0.4 is 10.6 Å². The number of hydrogen-bond donors (Lipinski definition) is 2. The van der Waals surface area contributed by atoms with Crippen LogP contribution in [0, 0.1) is 11.3 Å². The molecule has 1 aliphatic heterocycles. The van der Waals surface area contributed by atoms with Crippen molar-refractivity contribution >= 4 is 5.91 Å². The number of rotatable bonds is 4. The molecule has 0 aromatic carbocycles. The molecule has 1 heterocycles.